The van der Waals surface area contributed by atoms with Crippen molar-refractivity contribution in [2.45, 2.75) is 12.8 Å². The molecule has 4 rings (SSSR count). The highest BCUT2D eigenvalue weighted by Gasteiger charge is 2.15. The van der Waals surface area contributed by atoms with Crippen LogP contribution in [-0.4, -0.2) is 43.9 Å². The predicted octanol–water partition coefficient (Wildman–Crippen LogP) is 3.70. The first-order valence-electron chi connectivity index (χ1n) is 11.7. The van der Waals surface area contributed by atoms with Crippen LogP contribution in [0.5, 0.6) is 5.75 Å². The van der Waals surface area contributed by atoms with Crippen molar-refractivity contribution >= 4 is 32.5 Å². The van der Waals surface area contributed by atoms with E-state index in [1.807, 2.05) is 48.5 Å². The highest BCUT2D eigenvalue weighted by molar-refractivity contribution is 7.92. The number of nitrogens with zero attached hydrogens (tertiary/aromatic N) is 1. The number of carbonyl (C=O) groups excluding carboxylic acids is 1. The van der Waals surface area contributed by atoms with Gasteiger partial charge in [-0.25, -0.2) is 19.2 Å². The first kappa shape index (κ1) is 26.1. The van der Waals surface area contributed by atoms with E-state index in [9.17, 15) is 13.2 Å². The maximum Gasteiger partial charge on any atom is 0.265 e. The summed E-state index contributed by atoms with van der Waals surface area (Å²) in [4.78, 5) is 17.2. The second kappa shape index (κ2) is 11.4. The van der Waals surface area contributed by atoms with Gasteiger partial charge in [-0.3, -0.25) is 14.9 Å². The number of nitrogens with one attached hydrogen (secondary N) is 2. The van der Waals surface area contributed by atoms with E-state index in [4.69, 9.17) is 15.7 Å². The van der Waals surface area contributed by atoms with Gasteiger partial charge in [-0.1, -0.05) is 36.4 Å². The molecule has 0 aliphatic carbocycles. The summed E-state index contributed by atoms with van der Waals surface area (Å²) in [7, 11) is -3.47. The molecule has 1 aromatic heterocycles. The van der Waals surface area contributed by atoms with Crippen molar-refractivity contribution in [2.24, 2.45) is 5.84 Å². The van der Waals surface area contributed by atoms with Crippen molar-refractivity contribution in [3.63, 3.8) is 0 Å². The Morgan fingerprint density at radius 2 is 1.59 bits per heavy atom. The molecule has 0 unspecified atom stereocenters. The minimum atomic E-state index is -3.47. The average Bonchev–Trinajstić information content (AvgIpc) is 2.89. The van der Waals surface area contributed by atoms with Crippen molar-refractivity contribution in [3.8, 4) is 28.1 Å². The molecule has 3 aromatic carbocycles. The summed E-state index contributed by atoms with van der Waals surface area (Å²) in [5, 5.41) is 9.40. The Bertz CT molecular complexity index is 1500. The Labute approximate surface area is 215 Å². The quantitative estimate of drug-likeness (QED) is 0.108. The van der Waals surface area contributed by atoms with Gasteiger partial charge in [-0.2, -0.15) is 0 Å². The number of benzene rings is 3. The van der Waals surface area contributed by atoms with E-state index in [1.165, 1.54) is 0 Å². The van der Waals surface area contributed by atoms with E-state index in [0.717, 1.165) is 35.1 Å². The van der Waals surface area contributed by atoms with Crippen LogP contribution in [0, 0.1) is 0 Å². The summed E-state index contributed by atoms with van der Waals surface area (Å²) in [5.74, 6) is 5.70. The summed E-state index contributed by atoms with van der Waals surface area (Å²) >= 11 is 0. The number of hydrogen-bond acceptors (Lipinski definition) is 7. The van der Waals surface area contributed by atoms with Gasteiger partial charge < -0.3 is 9.84 Å². The van der Waals surface area contributed by atoms with Crippen molar-refractivity contribution in [1.29, 1.82) is 0 Å². The van der Waals surface area contributed by atoms with Crippen molar-refractivity contribution in [3.05, 3.63) is 78.4 Å². The zero-order chi connectivity index (χ0) is 26.4. The number of hydrazine groups is 1. The first-order valence-corrected chi connectivity index (χ1v) is 13.5. The fourth-order valence-electron chi connectivity index (χ4n) is 3.90. The number of nitrogens with two attached hydrogens (primary N) is 1. The van der Waals surface area contributed by atoms with Crippen molar-refractivity contribution in [2.75, 3.05) is 24.2 Å². The highest BCUT2D eigenvalue weighted by atomic mass is 32.2. The number of pyridine rings is 1. The average molecular weight is 521 g/mol. The van der Waals surface area contributed by atoms with Crippen LogP contribution in [-0.2, 0) is 10.0 Å². The Hall–Kier alpha value is -3.99. The molecule has 4 aromatic rings. The van der Waals surface area contributed by atoms with Crippen molar-refractivity contribution in [1.82, 2.24) is 10.4 Å². The lowest BCUT2D eigenvalue weighted by atomic mass is 10.00. The lowest BCUT2D eigenvalue weighted by Gasteiger charge is -2.12. The number of hydrogen-bond donors (Lipinski definition) is 4. The number of carbonyl (C=O) groups is 1. The first-order chi connectivity index (χ1) is 17.8. The molecule has 0 fully saturated rings. The van der Waals surface area contributed by atoms with Gasteiger partial charge in [0.05, 0.1) is 35.3 Å². The number of fused-ring (bicyclic) bond motifs is 1. The molecule has 9 nitrogen and oxygen atoms in total. The zero-order valence-corrected chi connectivity index (χ0v) is 21.1. The monoisotopic (exact) mass is 520 g/mol. The molecular formula is C27H28N4O5S. The number of anilines is 1. The lowest BCUT2D eigenvalue weighted by molar-refractivity contribution is 0.0955. The number of sulfonamides is 1. The van der Waals surface area contributed by atoms with Gasteiger partial charge in [0.25, 0.3) is 5.91 Å². The molecule has 0 saturated heterocycles. The Kier molecular flexibility index (Phi) is 8.02. The maximum absolute atomic E-state index is 12.5. The van der Waals surface area contributed by atoms with Crippen LogP contribution in [0.25, 0.3) is 33.3 Å². The largest absolute Gasteiger partial charge is 0.494 e. The minimum absolute atomic E-state index is 0.163. The molecule has 1 heterocycles. The Morgan fingerprint density at radius 1 is 0.946 bits per heavy atom. The lowest BCUT2D eigenvalue weighted by Crippen LogP contribution is -2.30. The van der Waals surface area contributed by atoms with Gasteiger partial charge in [0.2, 0.25) is 10.0 Å². The van der Waals surface area contributed by atoms with Gasteiger partial charge in [-0.15, -0.1) is 0 Å². The van der Waals surface area contributed by atoms with Gasteiger partial charge >= 0.3 is 0 Å². The van der Waals surface area contributed by atoms with Crippen molar-refractivity contribution < 1.29 is 23.1 Å². The Balaban J connectivity index is 1.62. The summed E-state index contributed by atoms with van der Waals surface area (Å²) in [5.41, 5.74) is 6.61. The molecule has 5 N–H and O–H groups in total. The molecule has 1 amide bonds. The summed E-state index contributed by atoms with van der Waals surface area (Å²) in [6.07, 6.45) is 2.58. The van der Waals surface area contributed by atoms with E-state index < -0.39 is 15.9 Å². The van der Waals surface area contributed by atoms with E-state index in [0.29, 0.717) is 40.9 Å². The molecule has 37 heavy (non-hydrogen) atoms. The standard InChI is InChI=1S/C27H28N4O5S/c1-37(34,35)31-21-10-13-23-24(27(33)30-28)17-25(29-26(23)16-21)20-6-4-18(5-7-20)19-8-11-22(12-9-19)36-15-3-2-14-32/h4-13,16-17,31-32H,2-3,14-15,28H2,1H3,(H,30,33). The summed E-state index contributed by atoms with van der Waals surface area (Å²) < 4.78 is 31.4. The third kappa shape index (κ3) is 6.62. The number of rotatable bonds is 10. The molecule has 0 atom stereocenters. The molecule has 0 aliphatic rings. The normalized spacial score (nSPS) is 11.3. The number of ether oxygens (including phenoxy) is 1. The minimum Gasteiger partial charge on any atom is -0.494 e. The molecule has 0 bridgehead atoms. The van der Waals surface area contributed by atoms with Crippen LogP contribution in [0.2, 0.25) is 0 Å². The van der Waals surface area contributed by atoms with Gasteiger partial charge in [-0.05, 0) is 60.4 Å². The fraction of sp³-hybridized carbons (Fsp3) is 0.185. The van der Waals surface area contributed by atoms with Crippen LogP contribution in [0.15, 0.2) is 72.8 Å². The number of amides is 1. The van der Waals surface area contributed by atoms with Gasteiger partial charge in [0.1, 0.15) is 5.75 Å². The second-order valence-corrected chi connectivity index (χ2v) is 10.3. The predicted molar refractivity (Wildman–Crippen MR) is 145 cm³/mol. The number of aliphatic hydroxyl groups excluding tert-OH is 1. The highest BCUT2D eigenvalue weighted by Crippen LogP contribution is 2.29. The summed E-state index contributed by atoms with van der Waals surface area (Å²) in [6.45, 7) is 0.722. The third-order valence-corrected chi connectivity index (χ3v) is 6.28. The van der Waals surface area contributed by atoms with E-state index in [2.05, 4.69) is 15.1 Å². The van der Waals surface area contributed by atoms with E-state index in [1.54, 1.807) is 24.3 Å². The molecule has 0 radical (unpaired) electrons. The van der Waals surface area contributed by atoms with E-state index in [-0.39, 0.29) is 6.61 Å². The van der Waals surface area contributed by atoms with Crippen LogP contribution >= 0.6 is 0 Å². The van der Waals surface area contributed by atoms with Gasteiger partial charge in [0, 0.05) is 17.6 Å². The second-order valence-electron chi connectivity index (χ2n) is 8.52. The number of aromatic nitrogens is 1. The molecule has 0 aliphatic heterocycles. The fourth-order valence-corrected chi connectivity index (χ4v) is 4.46. The third-order valence-electron chi connectivity index (χ3n) is 5.68. The SMILES string of the molecule is CS(=O)(=O)Nc1ccc2c(C(=O)NN)cc(-c3ccc(-c4ccc(OCCCCO)cc4)cc3)nc2c1. The smallest absolute Gasteiger partial charge is 0.265 e. The molecular weight excluding hydrogens is 492 g/mol. The van der Waals surface area contributed by atoms with Crippen LogP contribution in [0.3, 0.4) is 0 Å². The molecule has 192 valence electrons. The van der Waals surface area contributed by atoms with Gasteiger partial charge in [0.15, 0.2) is 0 Å². The van der Waals surface area contributed by atoms with E-state index >= 15 is 0 Å². The zero-order valence-electron chi connectivity index (χ0n) is 20.3. The number of aliphatic hydroxyl groups is 1. The topological polar surface area (TPSA) is 144 Å². The van der Waals surface area contributed by atoms with Crippen LogP contribution in [0.1, 0.15) is 23.2 Å². The molecule has 0 spiro atoms. The molecule has 10 heteroatoms. The number of nitrogen functional groups attached to an aromatic ring is 1. The Morgan fingerprint density at radius 3 is 2.22 bits per heavy atom. The van der Waals surface area contributed by atoms with Crippen LogP contribution < -0.4 is 20.7 Å². The molecule has 0 saturated carbocycles. The number of unbranched alkanes of at least 4 members (excludes halogenated alkanes) is 1. The summed E-state index contributed by atoms with van der Waals surface area (Å²) in [6, 6.07) is 21.9. The van der Waals surface area contributed by atoms with Crippen LogP contribution in [0.4, 0.5) is 5.69 Å². The maximum atomic E-state index is 12.5.